The van der Waals surface area contributed by atoms with Gasteiger partial charge in [-0.15, -0.1) is 12.1 Å². The molecule has 3 aromatic carbocycles. The minimum absolute atomic E-state index is 0. The van der Waals surface area contributed by atoms with Gasteiger partial charge in [-0.05, 0) is 61.3 Å². The number of carbonyl (C=O) groups excluding carboxylic acids is 6. The average Bonchev–Trinajstić information content (AvgIpc) is 4.04. The van der Waals surface area contributed by atoms with Crippen molar-refractivity contribution in [2.75, 3.05) is 39.5 Å². The zero-order valence-corrected chi connectivity index (χ0v) is 41.8. The number of ketones is 1. The van der Waals surface area contributed by atoms with Crippen molar-refractivity contribution in [3.63, 3.8) is 0 Å². The van der Waals surface area contributed by atoms with Crippen LogP contribution in [0.3, 0.4) is 0 Å². The van der Waals surface area contributed by atoms with Crippen LogP contribution < -0.4 is 26.0 Å². The van der Waals surface area contributed by atoms with Crippen LogP contribution in [0.4, 0.5) is 0 Å². The Morgan fingerprint density at radius 2 is 1.22 bits per heavy atom. The van der Waals surface area contributed by atoms with Crippen LogP contribution in [0.5, 0.6) is 5.75 Å². The molecule has 65 heavy (non-hydrogen) atoms. The van der Waals surface area contributed by atoms with Crippen molar-refractivity contribution in [2.45, 2.75) is 110 Å². The molecule has 2 heterocycles. The predicted molar refractivity (Wildman–Crippen MR) is 244 cm³/mol. The Hall–Kier alpha value is -4.34. The molecule has 351 valence electrons. The topological polar surface area (TPSA) is 182 Å². The molecule has 2 saturated heterocycles. The molecular weight excluding hydrogens is 903 g/mol. The summed E-state index contributed by atoms with van der Waals surface area (Å²) in [5.41, 5.74) is 1.77. The first-order valence-electron chi connectivity index (χ1n) is 22.4. The predicted octanol–water partition coefficient (Wildman–Crippen LogP) is 4.58. The number of Topliss-reactive ketones (excluding diaryl/α,β-unsaturated/α-hetero) is 1. The summed E-state index contributed by atoms with van der Waals surface area (Å²) in [4.78, 5) is 81.0. The van der Waals surface area contributed by atoms with Crippen LogP contribution >= 0.6 is 0 Å². The van der Waals surface area contributed by atoms with Crippen LogP contribution in [0.2, 0.25) is 0 Å². The zero-order chi connectivity index (χ0) is 46.7. The van der Waals surface area contributed by atoms with Gasteiger partial charge in [0.1, 0.15) is 43.4 Å². The number of carbonyl (C=O) groups is 5. The molecule has 0 bridgehead atoms. The summed E-state index contributed by atoms with van der Waals surface area (Å²) < 4.78 is 16.3. The van der Waals surface area contributed by atoms with Crippen LogP contribution in [0.1, 0.15) is 77.5 Å². The summed E-state index contributed by atoms with van der Waals surface area (Å²) in [6.07, 6.45) is 1.56. The molecule has 0 spiro atoms. The number of hydrogen-bond acceptors (Lipinski definition) is 9. The monoisotopic (exact) mass is 971 g/mol. The van der Waals surface area contributed by atoms with Crippen LogP contribution in [-0.2, 0) is 90.3 Å². The molecule has 0 unspecified atom stereocenters. The van der Waals surface area contributed by atoms with Crippen LogP contribution in [-0.4, -0.2) is 110 Å². The van der Waals surface area contributed by atoms with Gasteiger partial charge in [-0.2, -0.15) is 6.92 Å². The van der Waals surface area contributed by atoms with Gasteiger partial charge in [0.2, 0.25) is 17.7 Å². The van der Waals surface area contributed by atoms with E-state index in [-0.39, 0.29) is 88.6 Å². The van der Waals surface area contributed by atoms with Crippen molar-refractivity contribution in [2.24, 2.45) is 11.8 Å². The second-order valence-electron chi connectivity index (χ2n) is 17.7. The van der Waals surface area contributed by atoms with E-state index in [9.17, 15) is 28.8 Å². The Balaban J connectivity index is 0.00000369. The number of quaternary nitrogens is 1. The number of ether oxygens (including phenoxy) is 3. The zero-order valence-electron chi connectivity index (χ0n) is 38.9. The molecule has 5 atom stereocenters. The molecule has 0 saturated carbocycles. The second-order valence-corrected chi connectivity index (χ2v) is 17.7. The number of aryl methyl sites for hydroxylation is 1. The quantitative estimate of drug-likeness (QED) is 0.0568. The molecule has 3 aromatic rings. The smallest absolute Gasteiger partial charge is 0.275 e. The molecule has 2 fully saturated rings. The van der Waals surface area contributed by atoms with Crippen LogP contribution in [0.25, 0.3) is 0 Å². The minimum Gasteiger partial charge on any atom is -0.610 e. The molecule has 0 aliphatic carbocycles. The molecule has 4 N–H and O–H groups in total. The Labute approximate surface area is 410 Å². The Bertz CT molecular complexity index is 1960. The van der Waals surface area contributed by atoms with Gasteiger partial charge in [0.05, 0.1) is 25.9 Å². The van der Waals surface area contributed by atoms with Gasteiger partial charge in [0.15, 0.2) is 18.8 Å². The molecule has 5 rings (SSSR count). The fraction of sp³-hybridized carbons (Fsp3) is 0.500. The number of rotatable bonds is 24. The third-order valence-electron chi connectivity index (χ3n) is 11.4. The summed E-state index contributed by atoms with van der Waals surface area (Å²) in [6, 6.07) is 22.1. The maximum Gasteiger partial charge on any atom is 0.275 e. The summed E-state index contributed by atoms with van der Waals surface area (Å²) >= 11 is 0. The van der Waals surface area contributed by atoms with E-state index in [1.165, 1.54) is 6.47 Å². The Morgan fingerprint density at radius 1 is 0.708 bits per heavy atom. The van der Waals surface area contributed by atoms with E-state index < -0.39 is 47.5 Å². The largest absolute Gasteiger partial charge is 0.610 e. The first-order valence-corrected chi connectivity index (χ1v) is 22.4. The third kappa shape index (κ3) is 18.1. The number of epoxide rings is 1. The van der Waals surface area contributed by atoms with Gasteiger partial charge >= 0.3 is 0 Å². The molecule has 0 aromatic heterocycles. The van der Waals surface area contributed by atoms with E-state index in [2.05, 4.69) is 28.2 Å². The average molecular weight is 972 g/mol. The number of nitrogens with zero attached hydrogens (tertiary/aromatic N) is 1. The molecule has 14 nitrogen and oxygen atoms in total. The van der Waals surface area contributed by atoms with Crippen molar-refractivity contribution in [1.82, 2.24) is 21.3 Å². The van der Waals surface area contributed by atoms with E-state index in [1.807, 2.05) is 100 Å². The van der Waals surface area contributed by atoms with Crippen molar-refractivity contribution < 1.29 is 80.2 Å². The van der Waals surface area contributed by atoms with Gasteiger partial charge in [0.25, 0.3) is 5.91 Å². The van der Waals surface area contributed by atoms with E-state index >= 15 is 0 Å². The Kier molecular flexibility index (Phi) is 23.1. The number of hydrogen-bond donors (Lipinski definition) is 4. The molecule has 2 aliphatic rings. The summed E-state index contributed by atoms with van der Waals surface area (Å²) in [5.74, 6) is -1.69. The van der Waals surface area contributed by atoms with E-state index in [4.69, 9.17) is 14.2 Å². The normalized spacial score (nSPS) is 17.9. The van der Waals surface area contributed by atoms with Crippen molar-refractivity contribution in [3.05, 3.63) is 109 Å². The van der Waals surface area contributed by atoms with Crippen molar-refractivity contribution in [1.29, 1.82) is 0 Å². The summed E-state index contributed by atoms with van der Waals surface area (Å²) in [7, 11) is 0. The fourth-order valence-electron chi connectivity index (χ4n) is 7.87. The molecular formula is C50H68N5O9Y-. The van der Waals surface area contributed by atoms with Gasteiger partial charge in [-0.1, -0.05) is 100 Å². The number of morpholine rings is 1. The standard InChI is InChI=1S/C48H63N5O9.C2H5.Y/c1-33(2)26-40(44(56)48(5)31-62-48)50-47(59)42(28-36-14-10-7-11-15-36)52-46(58)41(27-34(3)4)51-45(57)39(21-18-35-12-8-6-9-13-35)49-43(55)30-53(22-24-60-25-23-53)29-37-16-19-38(20-17-37)61-32-54;1-2;/h6-17,19-20,33-34,39-42H,18,21-31H2,1-5H3,(H,49,55)(H,50,59)(H,51,57)(H,52,58);1H2,2H3;/q;-1;/t39-,40-,41-,42-,48+;;/m0../s1. The minimum atomic E-state index is -1.07. The van der Waals surface area contributed by atoms with E-state index in [1.54, 1.807) is 26.0 Å². The summed E-state index contributed by atoms with van der Waals surface area (Å²) in [5, 5.41) is 11.8. The van der Waals surface area contributed by atoms with Gasteiger partial charge in [0, 0.05) is 44.7 Å². The van der Waals surface area contributed by atoms with Gasteiger partial charge in [-0.3, -0.25) is 24.0 Å². The first-order chi connectivity index (χ1) is 30.7. The summed E-state index contributed by atoms with van der Waals surface area (Å²) in [6.45, 7) is 18.9. The molecule has 15 heteroatoms. The van der Waals surface area contributed by atoms with Gasteiger partial charge in [-0.25, -0.2) is 0 Å². The maximum absolute atomic E-state index is 14.4. The molecule has 4 amide bonds. The van der Waals surface area contributed by atoms with Crippen LogP contribution in [0, 0.1) is 18.8 Å². The molecule has 1 radical (unpaired) electrons. The second kappa shape index (κ2) is 27.3. The van der Waals surface area contributed by atoms with Gasteiger partial charge < -0.3 is 51.7 Å². The molecule has 2 aliphatic heterocycles. The van der Waals surface area contributed by atoms with Crippen molar-refractivity contribution in [3.8, 4) is 5.75 Å². The first kappa shape index (κ1) is 55.0. The van der Waals surface area contributed by atoms with Crippen molar-refractivity contribution >= 4 is 35.9 Å². The number of amides is 4. The number of benzene rings is 3. The third-order valence-corrected chi connectivity index (χ3v) is 11.4. The fourth-order valence-corrected chi connectivity index (χ4v) is 7.87. The number of nitrogens with one attached hydrogen (secondary N) is 4. The SMILES string of the molecule is CC(C)C[C@H](NC(=O)[C@H](CCc1ccccc1)NC(=O)C[N+]1(Cc2ccc(O[C-]=O)cc2)CCOCC1)C(=O)N[C@@H](Cc1ccccc1)C(=O)N[C@@H](CC(C)C)C(=O)[C@@]1(C)CO1.[CH2-]C.[Y]. The Morgan fingerprint density at radius 3 is 1.77 bits per heavy atom. The van der Waals surface area contributed by atoms with E-state index in [0.717, 1.165) is 16.7 Å². The van der Waals surface area contributed by atoms with Crippen LogP contribution in [0.15, 0.2) is 84.9 Å². The van der Waals surface area contributed by atoms with E-state index in [0.29, 0.717) is 55.9 Å². The maximum atomic E-state index is 14.4.